The number of hydrogen-bond donors (Lipinski definition) is 2. The van der Waals surface area contributed by atoms with E-state index in [-0.39, 0.29) is 66.6 Å². The Morgan fingerprint density at radius 2 is 0.757 bits per heavy atom. The Hall–Kier alpha value is -4.81. The molecule has 3 aromatic rings. The third-order valence-electron chi connectivity index (χ3n) is 5.57. The van der Waals surface area contributed by atoms with E-state index in [0.29, 0.717) is 0 Å². The summed E-state index contributed by atoms with van der Waals surface area (Å²) in [6.45, 7) is 0. The Morgan fingerprint density at radius 1 is 0.486 bits per heavy atom. The van der Waals surface area contributed by atoms with Crippen LogP contribution in [0.2, 0.25) is 0 Å². The summed E-state index contributed by atoms with van der Waals surface area (Å²) in [4.78, 5) is 61.4. The molecule has 2 aliphatic heterocycles. The molecule has 0 atom stereocenters. The van der Waals surface area contributed by atoms with Crippen molar-refractivity contribution >= 4 is 70.2 Å². The van der Waals surface area contributed by atoms with Gasteiger partial charge in [-0.1, -0.05) is 0 Å². The third kappa shape index (κ3) is 4.24. The van der Waals surface area contributed by atoms with Crippen LogP contribution in [0.15, 0.2) is 24.3 Å². The summed E-state index contributed by atoms with van der Waals surface area (Å²) in [6.07, 6.45) is 4.90. The van der Waals surface area contributed by atoms with E-state index in [1.165, 1.54) is 48.6 Å². The normalized spacial score (nSPS) is 11.7. The Labute approximate surface area is 220 Å². The first-order chi connectivity index (χ1) is 17.2. The van der Waals surface area contributed by atoms with Crippen molar-refractivity contribution in [2.24, 2.45) is 0 Å². The van der Waals surface area contributed by atoms with Crippen LogP contribution in [0.4, 0.5) is 0 Å². The smallest absolute Gasteiger partial charge is 0.545 e. The number of nitrogens with zero attached hydrogens (tertiary/aromatic N) is 2. The van der Waals surface area contributed by atoms with Crippen molar-refractivity contribution < 1.29 is 61.3 Å². The predicted octanol–water partition coefficient (Wildman–Crippen LogP) is -1.89. The molecule has 2 N–H and O–H groups in total. The molecule has 5 heterocycles. The maximum absolute atomic E-state index is 12.0. The van der Waals surface area contributed by atoms with Gasteiger partial charge in [0.25, 0.3) is 0 Å². The molecular weight excluding hydrogens is 520 g/mol. The van der Waals surface area contributed by atoms with Crippen molar-refractivity contribution in [1.29, 1.82) is 0 Å². The molecule has 178 valence electrons. The second-order valence-electron chi connectivity index (χ2n) is 7.65. The quantitative estimate of drug-likeness (QED) is 0.246. The summed E-state index contributed by atoms with van der Waals surface area (Å²) < 4.78 is 0. The molecule has 3 aromatic heterocycles. The van der Waals surface area contributed by atoms with Gasteiger partial charge in [-0.05, 0) is 48.6 Å². The van der Waals surface area contributed by atoms with Gasteiger partial charge in [0.05, 0.1) is 46.7 Å². The van der Waals surface area contributed by atoms with Crippen LogP contribution in [0.1, 0.15) is 64.2 Å². The summed E-state index contributed by atoms with van der Waals surface area (Å²) in [5.74, 6) is -6.65. The molecule has 0 spiro atoms. The molecular formula is C24H10N4O8Ti. The molecule has 37 heavy (non-hydrogen) atoms. The van der Waals surface area contributed by atoms with Gasteiger partial charge in [0.2, 0.25) is 0 Å². The number of nitrogens with one attached hydrogen (secondary N) is 2. The summed E-state index contributed by atoms with van der Waals surface area (Å²) in [5.41, 5.74) is -2.95. The van der Waals surface area contributed by atoms with Gasteiger partial charge >= 0.3 is 21.7 Å². The van der Waals surface area contributed by atoms with Gasteiger partial charge in [0, 0.05) is 44.3 Å². The topological polar surface area (TPSA) is 218 Å². The largest absolute Gasteiger partial charge is 4.00 e. The fraction of sp³-hybridized carbons (Fsp3) is 0. The fourth-order valence-corrected chi connectivity index (χ4v) is 4.07. The second kappa shape index (κ2) is 9.34. The Morgan fingerprint density at radius 3 is 1.05 bits per heavy atom. The Balaban J connectivity index is 0.00000320. The standard InChI is InChI=1S/C24H14N4O8.Ti/c29-21(30)17-9-1-2-10(25-9)18(22(31)32)12-5-6-14(27-12)20(24(35)36)16-8-7-15(28-16)19(23(33)34)13-4-3-11(17)26-13;/h1-8,25-26H,(H,29,30)(H,31,32)(H,33,34)(H,35,36);/q;+4/p-4. The molecule has 0 saturated heterocycles. The third-order valence-corrected chi connectivity index (χ3v) is 5.57. The number of fused-ring (bicyclic) bond motifs is 8. The summed E-state index contributed by atoms with van der Waals surface area (Å²) in [7, 11) is 0. The zero-order valence-electron chi connectivity index (χ0n) is 18.3. The van der Waals surface area contributed by atoms with Crippen LogP contribution in [0.5, 0.6) is 0 Å². The van der Waals surface area contributed by atoms with E-state index in [1.54, 1.807) is 0 Å². The molecule has 0 amide bonds. The average molecular weight is 530 g/mol. The number of aromatic nitrogens is 4. The predicted molar refractivity (Wildman–Crippen MR) is 116 cm³/mol. The van der Waals surface area contributed by atoms with Crippen molar-refractivity contribution in [3.05, 3.63) is 69.3 Å². The van der Waals surface area contributed by atoms with Gasteiger partial charge in [0.1, 0.15) is 0 Å². The van der Waals surface area contributed by atoms with Crippen LogP contribution < -0.4 is 20.4 Å². The number of aromatic carboxylic acids is 4. The minimum absolute atomic E-state index is 0. The maximum atomic E-state index is 12.0. The van der Waals surface area contributed by atoms with Crippen LogP contribution in [0.3, 0.4) is 0 Å². The average Bonchev–Trinajstić information content (AvgIpc) is 3.57. The maximum Gasteiger partial charge on any atom is 4.00 e. The van der Waals surface area contributed by atoms with Gasteiger partial charge in [-0.15, -0.1) is 0 Å². The molecule has 0 saturated carbocycles. The molecule has 0 unspecified atom stereocenters. The molecule has 0 fully saturated rings. The van der Waals surface area contributed by atoms with E-state index in [2.05, 4.69) is 19.9 Å². The van der Waals surface area contributed by atoms with E-state index in [4.69, 9.17) is 0 Å². The summed E-state index contributed by atoms with van der Waals surface area (Å²) in [6, 6.07) is 5.09. The fourth-order valence-electron chi connectivity index (χ4n) is 4.07. The first kappa shape index (κ1) is 25.3. The van der Waals surface area contributed by atoms with Crippen molar-refractivity contribution in [2.75, 3.05) is 0 Å². The number of hydrogen-bond acceptors (Lipinski definition) is 10. The first-order valence-electron chi connectivity index (χ1n) is 10.2. The summed E-state index contributed by atoms with van der Waals surface area (Å²) in [5, 5.41) is 47.9. The van der Waals surface area contributed by atoms with Crippen molar-refractivity contribution in [1.82, 2.24) is 19.9 Å². The zero-order valence-corrected chi connectivity index (χ0v) is 19.8. The number of carbonyl (C=O) groups excluding carboxylic acids is 4. The Bertz CT molecular complexity index is 1650. The van der Waals surface area contributed by atoms with E-state index in [1.807, 2.05) is 0 Å². The molecule has 0 aromatic carbocycles. The second-order valence-corrected chi connectivity index (χ2v) is 7.65. The number of carboxylic acids is 4. The summed E-state index contributed by atoms with van der Waals surface area (Å²) >= 11 is 0. The van der Waals surface area contributed by atoms with E-state index in [0.717, 1.165) is 0 Å². The van der Waals surface area contributed by atoms with E-state index >= 15 is 0 Å². The number of carboxylic acid groups (broad SMARTS) is 4. The van der Waals surface area contributed by atoms with Crippen LogP contribution in [0, 0.1) is 0 Å². The van der Waals surface area contributed by atoms with E-state index < -0.39 is 46.1 Å². The van der Waals surface area contributed by atoms with Crippen molar-refractivity contribution in [3.63, 3.8) is 0 Å². The van der Waals surface area contributed by atoms with Crippen LogP contribution >= 0.6 is 0 Å². The van der Waals surface area contributed by atoms with Gasteiger partial charge in [-0.25, -0.2) is 9.97 Å². The van der Waals surface area contributed by atoms with Gasteiger partial charge in [-0.3, -0.25) is 0 Å². The molecule has 5 rings (SSSR count). The minimum atomic E-state index is -1.69. The van der Waals surface area contributed by atoms with Gasteiger partial charge in [-0.2, -0.15) is 0 Å². The molecule has 0 radical (unpaired) electrons. The molecule has 8 bridgehead atoms. The van der Waals surface area contributed by atoms with Gasteiger partial charge < -0.3 is 49.6 Å². The molecule has 0 aliphatic carbocycles. The molecule has 12 nitrogen and oxygen atoms in total. The van der Waals surface area contributed by atoms with Crippen LogP contribution in [-0.2, 0) is 21.7 Å². The number of rotatable bonds is 4. The number of carbonyl (C=O) groups is 4. The zero-order chi connectivity index (χ0) is 25.7. The number of H-pyrrole nitrogens is 2. The first-order valence-corrected chi connectivity index (χ1v) is 10.2. The van der Waals surface area contributed by atoms with Crippen LogP contribution in [-0.4, -0.2) is 43.8 Å². The van der Waals surface area contributed by atoms with Crippen molar-refractivity contribution in [3.8, 4) is 0 Å². The van der Waals surface area contributed by atoms with Crippen molar-refractivity contribution in [2.45, 2.75) is 0 Å². The molecule has 2 aliphatic rings. The molecule has 13 heteroatoms. The van der Waals surface area contributed by atoms with E-state index in [9.17, 15) is 39.6 Å². The Kier molecular flexibility index (Phi) is 6.38. The monoisotopic (exact) mass is 530 g/mol. The SMILES string of the molecule is O=C([O-])c1c2nc(c(C(=O)[O-])c3ccc([nH]3)c(C(=O)[O-])c3ccc([nH]3)c(C(=O)[O-])c3nc1C=C3)C=C2.[Ti+4]. The number of aromatic amines is 2. The van der Waals surface area contributed by atoms with Crippen LogP contribution in [0.25, 0.3) is 46.4 Å². The van der Waals surface area contributed by atoms with Gasteiger partial charge in [0.15, 0.2) is 0 Å². The minimum Gasteiger partial charge on any atom is -0.545 e.